The molecular formula is C10H22O5. The van der Waals surface area contributed by atoms with Gasteiger partial charge in [-0.3, -0.25) is 9.59 Å². The molecule has 0 aliphatic heterocycles. The van der Waals surface area contributed by atoms with Gasteiger partial charge in [0.05, 0.1) is 0 Å². The van der Waals surface area contributed by atoms with Crippen molar-refractivity contribution in [2.45, 2.75) is 40.5 Å². The highest BCUT2D eigenvalue weighted by molar-refractivity contribution is 5.66. The average molecular weight is 222 g/mol. The maximum Gasteiger partial charge on any atom is 0.303 e. The Hall–Kier alpha value is -1.10. The predicted octanol–water partition coefficient (Wildman–Crippen LogP) is 2.00. The van der Waals surface area contributed by atoms with Gasteiger partial charge in [0.2, 0.25) is 0 Å². The van der Waals surface area contributed by atoms with E-state index < -0.39 is 11.9 Å². The summed E-state index contributed by atoms with van der Waals surface area (Å²) in [4.78, 5) is 18.6. The minimum atomic E-state index is -0.833. The van der Waals surface area contributed by atoms with Crippen molar-refractivity contribution in [2.24, 2.45) is 0 Å². The van der Waals surface area contributed by atoms with Crippen molar-refractivity contribution in [1.29, 1.82) is 0 Å². The van der Waals surface area contributed by atoms with Gasteiger partial charge in [0.25, 0.3) is 5.97 Å². The molecule has 0 unspecified atom stereocenters. The second-order valence-electron chi connectivity index (χ2n) is 2.44. The van der Waals surface area contributed by atoms with Gasteiger partial charge in [-0.25, -0.2) is 0 Å². The van der Waals surface area contributed by atoms with Gasteiger partial charge in [-0.2, -0.15) is 0 Å². The molecule has 0 aromatic rings. The normalized spacial score (nSPS) is 7.73. The Morgan fingerprint density at radius 1 is 1.07 bits per heavy atom. The molecule has 5 nitrogen and oxygen atoms in total. The van der Waals surface area contributed by atoms with Crippen LogP contribution in [0, 0.1) is 0 Å². The van der Waals surface area contributed by atoms with E-state index in [1.54, 1.807) is 0 Å². The monoisotopic (exact) mass is 222 g/mol. The third-order valence-electron chi connectivity index (χ3n) is 0.872. The van der Waals surface area contributed by atoms with Crippen LogP contribution < -0.4 is 0 Å². The summed E-state index contributed by atoms with van der Waals surface area (Å²) in [5.41, 5.74) is 0. The molecule has 0 amide bonds. The lowest BCUT2D eigenvalue weighted by Gasteiger charge is -1.86. The number of carboxylic acids is 2. The number of rotatable bonds is 4. The topological polar surface area (TPSA) is 83.8 Å². The molecule has 0 aliphatic carbocycles. The van der Waals surface area contributed by atoms with Crippen molar-refractivity contribution in [2.75, 3.05) is 13.2 Å². The second-order valence-corrected chi connectivity index (χ2v) is 2.44. The lowest BCUT2D eigenvalue weighted by atomic mass is 10.4. The van der Waals surface area contributed by atoms with Crippen LogP contribution in [0.2, 0.25) is 0 Å². The van der Waals surface area contributed by atoms with Crippen LogP contribution >= 0.6 is 0 Å². The van der Waals surface area contributed by atoms with E-state index in [9.17, 15) is 4.79 Å². The van der Waals surface area contributed by atoms with Crippen LogP contribution in [0.15, 0.2) is 0 Å². The van der Waals surface area contributed by atoms with Crippen LogP contribution in [0.3, 0.4) is 0 Å². The summed E-state index contributed by atoms with van der Waals surface area (Å²) in [5, 5.41) is 15.3. The summed E-state index contributed by atoms with van der Waals surface area (Å²) < 4.78 is 4.83. The highest BCUT2D eigenvalue weighted by Crippen LogP contribution is 1.82. The van der Waals surface area contributed by atoms with E-state index in [4.69, 9.17) is 19.7 Å². The molecule has 0 rings (SSSR count). The van der Waals surface area contributed by atoms with Gasteiger partial charge >= 0.3 is 5.97 Å². The number of ether oxygens (including phenoxy) is 1. The van der Waals surface area contributed by atoms with E-state index >= 15 is 0 Å². The van der Waals surface area contributed by atoms with E-state index in [-0.39, 0.29) is 0 Å². The fourth-order valence-corrected chi connectivity index (χ4v) is 0.418. The summed E-state index contributed by atoms with van der Waals surface area (Å²) >= 11 is 0. The van der Waals surface area contributed by atoms with Crippen molar-refractivity contribution >= 4 is 11.9 Å². The summed E-state index contributed by atoms with van der Waals surface area (Å²) in [6.07, 6.45) is 1.02. The summed E-state index contributed by atoms with van der Waals surface area (Å²) in [6, 6.07) is 0. The van der Waals surface area contributed by atoms with Gasteiger partial charge in [0.1, 0.15) is 0 Å². The summed E-state index contributed by atoms with van der Waals surface area (Å²) in [6.45, 7) is 8.59. The lowest BCUT2D eigenvalue weighted by molar-refractivity contribution is -0.137. The Balaban J connectivity index is -0.000000147. The van der Waals surface area contributed by atoms with Crippen LogP contribution in [0.4, 0.5) is 0 Å². The molecule has 0 aliphatic rings. The highest BCUT2D eigenvalue weighted by Gasteiger charge is 1.87. The van der Waals surface area contributed by atoms with Crippen molar-refractivity contribution in [3.63, 3.8) is 0 Å². The van der Waals surface area contributed by atoms with Gasteiger partial charge in [-0.1, -0.05) is 6.92 Å². The first-order valence-corrected chi connectivity index (χ1v) is 4.91. The van der Waals surface area contributed by atoms with E-state index in [2.05, 4.69) is 0 Å². The molecule has 5 heteroatoms. The predicted molar refractivity (Wildman–Crippen MR) is 58.0 cm³/mol. The zero-order valence-corrected chi connectivity index (χ0v) is 9.95. The molecule has 0 aromatic carbocycles. The standard InChI is InChI=1S/C4H8O2.C4H10O.C2H4O2/c1-2-3-4(5)6;1-3-5-4-2;1-2(3)4/h2-3H2,1H3,(H,5,6);3-4H2,1-2H3;1H3,(H,3,4). The van der Waals surface area contributed by atoms with Crippen molar-refractivity contribution in [1.82, 2.24) is 0 Å². The molecule has 0 spiro atoms. The molecule has 0 heterocycles. The molecule has 0 atom stereocenters. The van der Waals surface area contributed by atoms with Crippen molar-refractivity contribution < 1.29 is 24.5 Å². The zero-order chi connectivity index (χ0) is 12.7. The maximum absolute atomic E-state index is 9.60. The van der Waals surface area contributed by atoms with Crippen LogP contribution in [-0.2, 0) is 14.3 Å². The summed E-state index contributed by atoms with van der Waals surface area (Å²) in [5.74, 6) is -1.54. The molecular weight excluding hydrogens is 200 g/mol. The molecule has 92 valence electrons. The van der Waals surface area contributed by atoms with Gasteiger partial charge < -0.3 is 14.9 Å². The number of aliphatic carboxylic acids is 2. The third-order valence-corrected chi connectivity index (χ3v) is 0.872. The van der Waals surface area contributed by atoms with Crippen LogP contribution in [0.25, 0.3) is 0 Å². The Morgan fingerprint density at radius 2 is 1.40 bits per heavy atom. The molecule has 15 heavy (non-hydrogen) atoms. The number of hydrogen-bond acceptors (Lipinski definition) is 3. The molecule has 0 radical (unpaired) electrons. The van der Waals surface area contributed by atoms with Crippen LogP contribution in [0.5, 0.6) is 0 Å². The van der Waals surface area contributed by atoms with Gasteiger partial charge in [-0.15, -0.1) is 0 Å². The molecule has 2 N–H and O–H groups in total. The van der Waals surface area contributed by atoms with Crippen LogP contribution in [0.1, 0.15) is 40.5 Å². The lowest BCUT2D eigenvalue weighted by Crippen LogP contribution is -1.90. The zero-order valence-electron chi connectivity index (χ0n) is 9.95. The first kappa shape index (κ1) is 19.5. The average Bonchev–Trinajstić information content (AvgIpc) is 2.05. The highest BCUT2D eigenvalue weighted by atomic mass is 16.5. The Kier molecular flexibility index (Phi) is 24.2. The third kappa shape index (κ3) is 101. The van der Waals surface area contributed by atoms with Crippen LogP contribution in [-0.4, -0.2) is 35.4 Å². The van der Waals surface area contributed by atoms with E-state index in [1.165, 1.54) is 0 Å². The van der Waals surface area contributed by atoms with Gasteiger partial charge in [0.15, 0.2) is 0 Å². The van der Waals surface area contributed by atoms with Gasteiger partial charge in [-0.05, 0) is 20.3 Å². The molecule has 0 saturated heterocycles. The maximum atomic E-state index is 9.60. The van der Waals surface area contributed by atoms with E-state index in [0.29, 0.717) is 6.42 Å². The Morgan fingerprint density at radius 3 is 1.40 bits per heavy atom. The molecule has 0 saturated carbocycles. The van der Waals surface area contributed by atoms with Gasteiger partial charge in [0, 0.05) is 26.6 Å². The van der Waals surface area contributed by atoms with E-state index in [1.807, 2.05) is 20.8 Å². The molecule has 0 fully saturated rings. The minimum absolute atomic E-state index is 0.292. The largest absolute Gasteiger partial charge is 0.481 e. The number of carbonyl (C=O) groups is 2. The second kappa shape index (κ2) is 18.6. The smallest absolute Gasteiger partial charge is 0.303 e. The Bertz CT molecular complexity index is 139. The fourth-order valence-electron chi connectivity index (χ4n) is 0.418. The van der Waals surface area contributed by atoms with Crippen molar-refractivity contribution in [3.8, 4) is 0 Å². The molecule has 0 aromatic heterocycles. The fraction of sp³-hybridized carbons (Fsp3) is 0.800. The number of carboxylic acid groups (broad SMARTS) is 2. The molecule has 0 bridgehead atoms. The number of hydrogen-bond donors (Lipinski definition) is 2. The Labute approximate surface area is 91.1 Å². The SMILES string of the molecule is CC(=O)O.CCCC(=O)O.CCOCC. The minimum Gasteiger partial charge on any atom is -0.481 e. The first-order chi connectivity index (χ1) is 6.92. The summed E-state index contributed by atoms with van der Waals surface area (Å²) in [7, 11) is 0. The van der Waals surface area contributed by atoms with Crippen molar-refractivity contribution in [3.05, 3.63) is 0 Å². The van der Waals surface area contributed by atoms with E-state index in [0.717, 1.165) is 26.6 Å². The first-order valence-electron chi connectivity index (χ1n) is 4.91. The quantitative estimate of drug-likeness (QED) is 0.760.